The van der Waals surface area contributed by atoms with Crippen molar-refractivity contribution in [3.8, 4) is 0 Å². The molecule has 0 aromatic heterocycles. The number of nitrogens with zero attached hydrogens (tertiary/aromatic N) is 1. The Balaban J connectivity index is 1.62. The predicted molar refractivity (Wildman–Crippen MR) is 108 cm³/mol. The van der Waals surface area contributed by atoms with Gasteiger partial charge in [0, 0.05) is 13.1 Å². The summed E-state index contributed by atoms with van der Waals surface area (Å²) in [5.41, 5.74) is 2.31. The first-order valence-electron chi connectivity index (χ1n) is 9.61. The van der Waals surface area contributed by atoms with E-state index in [0.717, 1.165) is 43.1 Å². The quantitative estimate of drug-likeness (QED) is 0.556. The molecule has 0 atom stereocenters. The van der Waals surface area contributed by atoms with Crippen LogP contribution in [0, 0.1) is 0 Å². The van der Waals surface area contributed by atoms with Gasteiger partial charge in [-0.2, -0.15) is 0 Å². The molecule has 0 amide bonds. The second-order valence-corrected chi connectivity index (χ2v) is 6.97. The number of hydrogen-bond donors (Lipinski definition) is 1. The molecule has 0 radical (unpaired) electrons. The van der Waals surface area contributed by atoms with Gasteiger partial charge in [0.05, 0.1) is 25.8 Å². The van der Waals surface area contributed by atoms with Crippen molar-refractivity contribution in [2.75, 3.05) is 26.7 Å². The lowest BCUT2D eigenvalue weighted by Gasteiger charge is -2.34. The molecule has 0 bridgehead atoms. The third kappa shape index (κ3) is 5.68. The summed E-state index contributed by atoms with van der Waals surface area (Å²) in [4.78, 5) is 13.1. The van der Waals surface area contributed by atoms with E-state index in [9.17, 15) is 4.79 Å². The topological polar surface area (TPSA) is 59.0 Å². The summed E-state index contributed by atoms with van der Waals surface area (Å²) in [7, 11) is 1.51. The van der Waals surface area contributed by atoms with Crippen LogP contribution >= 0.6 is 0 Å². The fourth-order valence-corrected chi connectivity index (χ4v) is 3.53. The monoisotopic (exact) mass is 381 g/mol. The van der Waals surface area contributed by atoms with E-state index in [0.29, 0.717) is 12.3 Å². The number of ether oxygens (including phenoxy) is 2. The van der Waals surface area contributed by atoms with Crippen molar-refractivity contribution in [1.29, 1.82) is 0 Å². The third-order valence-electron chi connectivity index (χ3n) is 4.99. The molecule has 5 heteroatoms. The van der Waals surface area contributed by atoms with Gasteiger partial charge in [-0.25, -0.2) is 4.79 Å². The van der Waals surface area contributed by atoms with E-state index in [4.69, 9.17) is 14.6 Å². The summed E-state index contributed by atoms with van der Waals surface area (Å²) in [6.45, 7) is 2.21. The first-order valence-corrected chi connectivity index (χ1v) is 9.61. The van der Waals surface area contributed by atoms with Crippen molar-refractivity contribution in [3.05, 3.63) is 83.6 Å². The van der Waals surface area contributed by atoms with Crippen LogP contribution in [0.1, 0.15) is 30.1 Å². The Labute approximate surface area is 166 Å². The Morgan fingerprint density at radius 3 is 2.07 bits per heavy atom. The minimum atomic E-state index is -0.983. The largest absolute Gasteiger partial charge is 0.499 e. The minimum Gasteiger partial charge on any atom is -0.499 e. The van der Waals surface area contributed by atoms with Gasteiger partial charge in [0.2, 0.25) is 0 Å². The standard InChI is InChI=1S/C23H27NO4/c1-27-21(16-22(25)26)17-24-14-12-20(13-15-24)28-23(18-8-4-2-5-9-18)19-10-6-3-7-11-19/h2-11,16,20,23H,12-15,17H2,1H3,(H,25,26)/b21-16+. The molecule has 1 aliphatic heterocycles. The molecule has 3 rings (SSSR count). The second kappa shape index (κ2) is 10.1. The lowest BCUT2D eigenvalue weighted by Crippen LogP contribution is -2.38. The molecule has 2 aromatic carbocycles. The van der Waals surface area contributed by atoms with Crippen LogP contribution in [0.2, 0.25) is 0 Å². The zero-order valence-corrected chi connectivity index (χ0v) is 16.2. The SMILES string of the molecule is CO/C(=C/C(=O)O)CN1CCC(OC(c2ccccc2)c2ccccc2)CC1. The molecule has 28 heavy (non-hydrogen) atoms. The number of hydrogen-bond acceptors (Lipinski definition) is 4. The number of benzene rings is 2. The maximum Gasteiger partial charge on any atom is 0.331 e. The Morgan fingerprint density at radius 1 is 1.07 bits per heavy atom. The fourth-order valence-electron chi connectivity index (χ4n) is 3.53. The maximum absolute atomic E-state index is 10.9. The Bertz CT molecular complexity index is 728. The van der Waals surface area contributed by atoms with Gasteiger partial charge in [0.25, 0.3) is 0 Å². The van der Waals surface area contributed by atoms with Gasteiger partial charge in [-0.05, 0) is 24.0 Å². The van der Waals surface area contributed by atoms with Crippen LogP contribution in [0.15, 0.2) is 72.5 Å². The molecule has 0 unspecified atom stereocenters. The maximum atomic E-state index is 10.9. The van der Waals surface area contributed by atoms with E-state index in [2.05, 4.69) is 29.2 Å². The molecule has 1 N–H and O–H groups in total. The molecule has 1 heterocycles. The van der Waals surface area contributed by atoms with Gasteiger partial charge in [-0.1, -0.05) is 60.7 Å². The van der Waals surface area contributed by atoms with Gasteiger partial charge in [0.1, 0.15) is 11.9 Å². The number of carboxylic acid groups (broad SMARTS) is 1. The summed E-state index contributed by atoms with van der Waals surface area (Å²) in [6.07, 6.45) is 3.01. The zero-order valence-electron chi connectivity index (χ0n) is 16.2. The second-order valence-electron chi connectivity index (χ2n) is 6.97. The number of carbonyl (C=O) groups is 1. The van der Waals surface area contributed by atoms with Crippen molar-refractivity contribution in [1.82, 2.24) is 4.90 Å². The summed E-state index contributed by atoms with van der Waals surface area (Å²) in [5, 5.41) is 8.91. The molecule has 0 aliphatic carbocycles. The molecule has 5 nitrogen and oxygen atoms in total. The fraction of sp³-hybridized carbons (Fsp3) is 0.348. The number of piperidine rings is 1. The number of rotatable bonds is 8. The highest BCUT2D eigenvalue weighted by Gasteiger charge is 2.25. The smallest absolute Gasteiger partial charge is 0.331 e. The molecule has 0 saturated carbocycles. The number of methoxy groups -OCH3 is 1. The summed E-state index contributed by atoms with van der Waals surface area (Å²) >= 11 is 0. The highest BCUT2D eigenvalue weighted by Crippen LogP contribution is 2.30. The van der Waals surface area contributed by atoms with Crippen molar-refractivity contribution < 1.29 is 19.4 Å². The van der Waals surface area contributed by atoms with Crippen LogP contribution in [0.3, 0.4) is 0 Å². The molecule has 148 valence electrons. The van der Waals surface area contributed by atoms with Crippen LogP contribution in [0.5, 0.6) is 0 Å². The minimum absolute atomic E-state index is 0.0830. The lowest BCUT2D eigenvalue weighted by atomic mass is 10.00. The van der Waals surface area contributed by atoms with Gasteiger partial charge in [-0.3, -0.25) is 4.90 Å². The van der Waals surface area contributed by atoms with Crippen LogP contribution < -0.4 is 0 Å². The van der Waals surface area contributed by atoms with Crippen LogP contribution in [-0.4, -0.2) is 48.8 Å². The highest BCUT2D eigenvalue weighted by molar-refractivity contribution is 5.80. The van der Waals surface area contributed by atoms with Gasteiger partial charge < -0.3 is 14.6 Å². The predicted octanol–water partition coefficient (Wildman–Crippen LogP) is 3.87. The van der Waals surface area contributed by atoms with Crippen LogP contribution in [0.25, 0.3) is 0 Å². The Morgan fingerprint density at radius 2 is 1.61 bits per heavy atom. The molecule has 1 aliphatic rings. The number of carboxylic acids is 1. The van der Waals surface area contributed by atoms with Crippen molar-refractivity contribution in [2.45, 2.75) is 25.0 Å². The average Bonchev–Trinajstić information content (AvgIpc) is 2.73. The highest BCUT2D eigenvalue weighted by atomic mass is 16.5. The van der Waals surface area contributed by atoms with E-state index >= 15 is 0 Å². The summed E-state index contributed by atoms with van der Waals surface area (Å²) in [5.74, 6) is -0.512. The number of likely N-dealkylation sites (tertiary alicyclic amines) is 1. The van der Waals surface area contributed by atoms with E-state index in [1.54, 1.807) is 0 Å². The molecule has 1 fully saturated rings. The van der Waals surface area contributed by atoms with E-state index in [-0.39, 0.29) is 12.2 Å². The van der Waals surface area contributed by atoms with Gasteiger partial charge in [0.15, 0.2) is 0 Å². The van der Waals surface area contributed by atoms with E-state index < -0.39 is 5.97 Å². The molecular formula is C23H27NO4. The first kappa shape index (κ1) is 20.1. The summed E-state index contributed by atoms with van der Waals surface area (Å²) < 4.78 is 11.7. The Kier molecular flexibility index (Phi) is 7.23. The average molecular weight is 381 g/mol. The lowest BCUT2D eigenvalue weighted by molar-refractivity contribution is -0.131. The van der Waals surface area contributed by atoms with Crippen molar-refractivity contribution in [3.63, 3.8) is 0 Å². The van der Waals surface area contributed by atoms with Gasteiger partial charge >= 0.3 is 5.97 Å². The van der Waals surface area contributed by atoms with E-state index in [1.165, 1.54) is 7.11 Å². The summed E-state index contributed by atoms with van der Waals surface area (Å²) in [6, 6.07) is 20.6. The van der Waals surface area contributed by atoms with Gasteiger partial charge in [-0.15, -0.1) is 0 Å². The van der Waals surface area contributed by atoms with E-state index in [1.807, 2.05) is 36.4 Å². The molecule has 1 saturated heterocycles. The molecule has 0 spiro atoms. The Hall–Kier alpha value is -2.63. The van der Waals surface area contributed by atoms with Crippen LogP contribution in [-0.2, 0) is 14.3 Å². The number of aliphatic carboxylic acids is 1. The molecular weight excluding hydrogens is 354 g/mol. The zero-order chi connectivity index (χ0) is 19.8. The normalized spacial score (nSPS) is 16.3. The molecule has 2 aromatic rings. The third-order valence-corrected chi connectivity index (χ3v) is 4.99. The first-order chi connectivity index (χ1) is 13.7. The van der Waals surface area contributed by atoms with Crippen LogP contribution in [0.4, 0.5) is 0 Å². The van der Waals surface area contributed by atoms with Crippen molar-refractivity contribution >= 4 is 5.97 Å². The van der Waals surface area contributed by atoms with Crippen molar-refractivity contribution in [2.24, 2.45) is 0 Å².